The lowest BCUT2D eigenvalue weighted by Crippen LogP contribution is -2.25. The summed E-state index contributed by atoms with van der Waals surface area (Å²) < 4.78 is 0. The lowest BCUT2D eigenvalue weighted by Gasteiger charge is -2.27. The second kappa shape index (κ2) is 4.97. The standard InChI is InChI=1S/C16H20N2/c1-12-6-8-14(9-7-12)18-16-15-5-3-2-4-13(15)10-11-17-16/h2-5,10-12,14H,6-9H2,1H3,(H,17,18). The maximum atomic E-state index is 4.51. The summed E-state index contributed by atoms with van der Waals surface area (Å²) in [6.07, 6.45) is 7.11. The fraction of sp³-hybridized carbons (Fsp3) is 0.438. The highest BCUT2D eigenvalue weighted by atomic mass is 15.0. The van der Waals surface area contributed by atoms with Crippen LogP contribution in [0.1, 0.15) is 32.6 Å². The van der Waals surface area contributed by atoms with Crippen LogP contribution in [-0.4, -0.2) is 11.0 Å². The molecule has 1 aliphatic rings. The van der Waals surface area contributed by atoms with Gasteiger partial charge in [0.15, 0.2) is 0 Å². The van der Waals surface area contributed by atoms with Crippen molar-refractivity contribution in [1.82, 2.24) is 4.98 Å². The van der Waals surface area contributed by atoms with E-state index in [9.17, 15) is 0 Å². The van der Waals surface area contributed by atoms with Crippen LogP contribution in [0.3, 0.4) is 0 Å². The maximum absolute atomic E-state index is 4.51. The Morgan fingerprint density at radius 3 is 2.67 bits per heavy atom. The van der Waals surface area contributed by atoms with Gasteiger partial charge in [0.1, 0.15) is 5.82 Å². The Bertz CT molecular complexity index is 522. The van der Waals surface area contributed by atoms with Gasteiger partial charge in [0.25, 0.3) is 0 Å². The first-order chi connectivity index (χ1) is 8.83. The molecular formula is C16H20N2. The Balaban J connectivity index is 1.82. The molecule has 1 aromatic carbocycles. The van der Waals surface area contributed by atoms with Crippen molar-refractivity contribution in [3.8, 4) is 0 Å². The molecule has 1 heterocycles. The first-order valence-electron chi connectivity index (χ1n) is 6.93. The van der Waals surface area contributed by atoms with Crippen LogP contribution in [0, 0.1) is 5.92 Å². The lowest BCUT2D eigenvalue weighted by molar-refractivity contribution is 0.361. The SMILES string of the molecule is CC1CCC(Nc2nccc3ccccc23)CC1. The monoisotopic (exact) mass is 240 g/mol. The van der Waals surface area contributed by atoms with Crippen molar-refractivity contribution in [3.05, 3.63) is 36.5 Å². The molecule has 1 fully saturated rings. The zero-order chi connectivity index (χ0) is 12.4. The van der Waals surface area contributed by atoms with Crippen LogP contribution in [0.15, 0.2) is 36.5 Å². The smallest absolute Gasteiger partial charge is 0.134 e. The number of nitrogens with one attached hydrogen (secondary N) is 1. The average molecular weight is 240 g/mol. The van der Waals surface area contributed by atoms with Crippen LogP contribution in [0.25, 0.3) is 10.8 Å². The van der Waals surface area contributed by atoms with E-state index < -0.39 is 0 Å². The molecule has 18 heavy (non-hydrogen) atoms. The molecule has 3 rings (SSSR count). The van der Waals surface area contributed by atoms with Gasteiger partial charge in [-0.05, 0) is 43.1 Å². The molecule has 0 aliphatic heterocycles. The van der Waals surface area contributed by atoms with E-state index in [1.165, 1.54) is 36.5 Å². The van der Waals surface area contributed by atoms with Gasteiger partial charge in [0.2, 0.25) is 0 Å². The van der Waals surface area contributed by atoms with Crippen molar-refractivity contribution in [2.45, 2.75) is 38.6 Å². The van der Waals surface area contributed by atoms with Crippen LogP contribution in [0.5, 0.6) is 0 Å². The normalized spacial score (nSPS) is 24.1. The second-order valence-electron chi connectivity index (χ2n) is 5.48. The van der Waals surface area contributed by atoms with E-state index >= 15 is 0 Å². The molecule has 0 amide bonds. The number of aromatic nitrogens is 1. The molecule has 1 saturated carbocycles. The molecule has 2 nitrogen and oxygen atoms in total. The number of hydrogen-bond donors (Lipinski definition) is 1. The van der Waals surface area contributed by atoms with Crippen LogP contribution >= 0.6 is 0 Å². The maximum Gasteiger partial charge on any atom is 0.134 e. The molecule has 0 spiro atoms. The van der Waals surface area contributed by atoms with Gasteiger partial charge in [-0.3, -0.25) is 0 Å². The number of hydrogen-bond acceptors (Lipinski definition) is 2. The van der Waals surface area contributed by atoms with Gasteiger partial charge >= 0.3 is 0 Å². The summed E-state index contributed by atoms with van der Waals surface area (Å²) in [5.74, 6) is 1.94. The van der Waals surface area contributed by atoms with Gasteiger partial charge in [-0.1, -0.05) is 31.2 Å². The Kier molecular flexibility index (Phi) is 3.18. The van der Waals surface area contributed by atoms with E-state index in [0.717, 1.165) is 11.7 Å². The molecule has 2 aromatic rings. The summed E-state index contributed by atoms with van der Waals surface area (Å²) in [4.78, 5) is 4.51. The number of fused-ring (bicyclic) bond motifs is 1. The molecule has 0 unspecified atom stereocenters. The van der Waals surface area contributed by atoms with Crippen molar-refractivity contribution in [2.24, 2.45) is 5.92 Å². The summed E-state index contributed by atoms with van der Waals surface area (Å²) in [7, 11) is 0. The number of nitrogens with zero attached hydrogens (tertiary/aromatic N) is 1. The summed E-state index contributed by atoms with van der Waals surface area (Å²) >= 11 is 0. The molecule has 1 N–H and O–H groups in total. The Morgan fingerprint density at radius 2 is 1.83 bits per heavy atom. The largest absolute Gasteiger partial charge is 0.367 e. The van der Waals surface area contributed by atoms with Gasteiger partial charge in [0.05, 0.1) is 0 Å². The average Bonchev–Trinajstić information content (AvgIpc) is 2.42. The summed E-state index contributed by atoms with van der Waals surface area (Å²) in [6, 6.07) is 11.1. The van der Waals surface area contributed by atoms with Crippen LogP contribution in [0.4, 0.5) is 5.82 Å². The molecule has 1 aromatic heterocycles. The fourth-order valence-corrected chi connectivity index (χ4v) is 2.83. The first kappa shape index (κ1) is 11.5. The van der Waals surface area contributed by atoms with E-state index in [0.29, 0.717) is 6.04 Å². The van der Waals surface area contributed by atoms with Crippen molar-refractivity contribution in [3.63, 3.8) is 0 Å². The predicted molar refractivity (Wildman–Crippen MR) is 76.8 cm³/mol. The quantitative estimate of drug-likeness (QED) is 0.850. The van der Waals surface area contributed by atoms with Crippen molar-refractivity contribution < 1.29 is 0 Å². The van der Waals surface area contributed by atoms with Gasteiger partial charge in [-0.2, -0.15) is 0 Å². The first-order valence-corrected chi connectivity index (χ1v) is 6.93. The van der Waals surface area contributed by atoms with Crippen molar-refractivity contribution in [1.29, 1.82) is 0 Å². The van der Waals surface area contributed by atoms with E-state index in [4.69, 9.17) is 0 Å². The minimum Gasteiger partial charge on any atom is -0.367 e. The lowest BCUT2D eigenvalue weighted by atomic mass is 9.87. The molecule has 0 atom stereocenters. The van der Waals surface area contributed by atoms with Crippen LogP contribution in [0.2, 0.25) is 0 Å². The van der Waals surface area contributed by atoms with Gasteiger partial charge in [0, 0.05) is 17.6 Å². The molecule has 94 valence electrons. The molecule has 0 radical (unpaired) electrons. The molecule has 0 bridgehead atoms. The molecule has 2 heteroatoms. The molecule has 1 aliphatic carbocycles. The Labute approximate surface area is 108 Å². The summed E-state index contributed by atoms with van der Waals surface area (Å²) in [5, 5.41) is 6.13. The highest BCUT2D eigenvalue weighted by Crippen LogP contribution is 2.28. The van der Waals surface area contributed by atoms with Gasteiger partial charge < -0.3 is 5.32 Å². The van der Waals surface area contributed by atoms with Crippen molar-refractivity contribution >= 4 is 16.6 Å². The Morgan fingerprint density at radius 1 is 1.06 bits per heavy atom. The van der Waals surface area contributed by atoms with E-state index in [1.54, 1.807) is 0 Å². The van der Waals surface area contributed by atoms with E-state index in [-0.39, 0.29) is 0 Å². The molecule has 0 saturated heterocycles. The predicted octanol–water partition coefficient (Wildman–Crippen LogP) is 4.23. The topological polar surface area (TPSA) is 24.9 Å². The van der Waals surface area contributed by atoms with Crippen molar-refractivity contribution in [2.75, 3.05) is 5.32 Å². The summed E-state index contributed by atoms with van der Waals surface area (Å²) in [6.45, 7) is 2.35. The zero-order valence-corrected chi connectivity index (χ0v) is 10.9. The minimum atomic E-state index is 0.597. The van der Waals surface area contributed by atoms with Crippen LogP contribution in [-0.2, 0) is 0 Å². The molecular weight excluding hydrogens is 220 g/mol. The number of benzene rings is 1. The van der Waals surface area contributed by atoms with Crippen LogP contribution < -0.4 is 5.32 Å². The number of rotatable bonds is 2. The zero-order valence-electron chi connectivity index (χ0n) is 10.9. The third-order valence-corrected chi connectivity index (χ3v) is 4.03. The van der Waals surface area contributed by atoms with E-state index in [1.807, 2.05) is 6.20 Å². The third kappa shape index (κ3) is 2.33. The second-order valence-corrected chi connectivity index (χ2v) is 5.48. The van der Waals surface area contributed by atoms with Gasteiger partial charge in [-0.15, -0.1) is 0 Å². The third-order valence-electron chi connectivity index (χ3n) is 4.03. The number of anilines is 1. The highest BCUT2D eigenvalue weighted by Gasteiger charge is 2.18. The Hall–Kier alpha value is -1.57. The highest BCUT2D eigenvalue weighted by molar-refractivity contribution is 5.91. The fourth-order valence-electron chi connectivity index (χ4n) is 2.83. The van der Waals surface area contributed by atoms with E-state index in [2.05, 4.69) is 47.6 Å². The minimum absolute atomic E-state index is 0.597. The summed E-state index contributed by atoms with van der Waals surface area (Å²) in [5.41, 5.74) is 0. The van der Waals surface area contributed by atoms with Gasteiger partial charge in [-0.25, -0.2) is 4.98 Å². The number of pyridine rings is 1.